The van der Waals surface area contributed by atoms with Gasteiger partial charge in [0.1, 0.15) is 11.5 Å². The second-order valence-electron chi connectivity index (χ2n) is 3.84. The Balaban J connectivity index is 2.13. The fourth-order valence-electron chi connectivity index (χ4n) is 2.02. The minimum atomic E-state index is -0.264. The maximum atomic E-state index is 13.6. The maximum absolute atomic E-state index is 13.6. The van der Waals surface area contributed by atoms with Gasteiger partial charge in [-0.3, -0.25) is 0 Å². The average Bonchev–Trinajstić information content (AvgIpc) is 2.74. The van der Waals surface area contributed by atoms with Crippen molar-refractivity contribution in [1.82, 2.24) is 10.5 Å². The van der Waals surface area contributed by atoms with Crippen molar-refractivity contribution in [3.8, 4) is 11.3 Å². The van der Waals surface area contributed by atoms with Crippen molar-refractivity contribution in [2.45, 2.75) is 13.0 Å². The summed E-state index contributed by atoms with van der Waals surface area (Å²) >= 11 is 0. The predicted molar refractivity (Wildman–Crippen MR) is 57.3 cm³/mol. The summed E-state index contributed by atoms with van der Waals surface area (Å²) in [4.78, 5) is 0. The molecule has 0 unspecified atom stereocenters. The first-order valence-electron chi connectivity index (χ1n) is 5.29. The highest BCUT2D eigenvalue weighted by atomic mass is 19.1. The van der Waals surface area contributed by atoms with Crippen LogP contribution in [0.25, 0.3) is 11.3 Å². The number of aromatic nitrogens is 1. The monoisotopic (exact) mass is 218 g/mol. The van der Waals surface area contributed by atoms with E-state index >= 15 is 0 Å². The Labute approximate surface area is 92.3 Å². The third-order valence-corrected chi connectivity index (χ3v) is 2.83. The van der Waals surface area contributed by atoms with Gasteiger partial charge in [-0.25, -0.2) is 4.39 Å². The Hall–Kier alpha value is -1.68. The molecule has 82 valence electrons. The number of nitrogens with zero attached hydrogens (tertiary/aromatic N) is 1. The molecule has 0 saturated heterocycles. The first-order valence-corrected chi connectivity index (χ1v) is 5.29. The van der Waals surface area contributed by atoms with Gasteiger partial charge in [0, 0.05) is 12.1 Å². The molecule has 0 bridgehead atoms. The molecule has 0 radical (unpaired) electrons. The summed E-state index contributed by atoms with van der Waals surface area (Å²) in [5.74, 6) is 0.314. The SMILES string of the molecule is Fc1ccccc1-c1onc2c1CCNC2. The van der Waals surface area contributed by atoms with Crippen LogP contribution in [0, 0.1) is 5.82 Å². The number of hydrogen-bond acceptors (Lipinski definition) is 3. The van der Waals surface area contributed by atoms with Crippen LogP contribution in [0.15, 0.2) is 28.8 Å². The third-order valence-electron chi connectivity index (χ3n) is 2.83. The number of nitrogens with one attached hydrogen (secondary N) is 1. The molecule has 1 aliphatic heterocycles. The van der Waals surface area contributed by atoms with E-state index in [0.29, 0.717) is 17.9 Å². The minimum absolute atomic E-state index is 0.264. The van der Waals surface area contributed by atoms with Crippen LogP contribution in [-0.2, 0) is 13.0 Å². The summed E-state index contributed by atoms with van der Waals surface area (Å²) in [6.45, 7) is 1.59. The fourth-order valence-corrected chi connectivity index (χ4v) is 2.02. The molecule has 1 N–H and O–H groups in total. The predicted octanol–water partition coefficient (Wildman–Crippen LogP) is 2.13. The lowest BCUT2D eigenvalue weighted by atomic mass is 10.0. The van der Waals surface area contributed by atoms with Crippen molar-refractivity contribution < 1.29 is 8.91 Å². The van der Waals surface area contributed by atoms with E-state index in [1.165, 1.54) is 6.07 Å². The average molecular weight is 218 g/mol. The Morgan fingerprint density at radius 1 is 1.31 bits per heavy atom. The lowest BCUT2D eigenvalue weighted by Crippen LogP contribution is -2.23. The van der Waals surface area contributed by atoms with Crippen molar-refractivity contribution in [2.75, 3.05) is 6.54 Å². The van der Waals surface area contributed by atoms with E-state index in [1.807, 2.05) is 0 Å². The van der Waals surface area contributed by atoms with E-state index in [-0.39, 0.29) is 5.82 Å². The summed E-state index contributed by atoms with van der Waals surface area (Å²) in [5, 5.41) is 7.17. The van der Waals surface area contributed by atoms with E-state index in [2.05, 4.69) is 10.5 Å². The Kier molecular flexibility index (Phi) is 2.22. The molecule has 0 aliphatic carbocycles. The fraction of sp³-hybridized carbons (Fsp3) is 0.250. The zero-order chi connectivity index (χ0) is 11.0. The van der Waals surface area contributed by atoms with E-state index in [0.717, 1.165) is 24.2 Å². The van der Waals surface area contributed by atoms with Gasteiger partial charge in [-0.05, 0) is 25.1 Å². The second-order valence-corrected chi connectivity index (χ2v) is 3.84. The van der Waals surface area contributed by atoms with Crippen LogP contribution in [-0.4, -0.2) is 11.7 Å². The maximum Gasteiger partial charge on any atom is 0.173 e. The quantitative estimate of drug-likeness (QED) is 0.796. The van der Waals surface area contributed by atoms with Gasteiger partial charge < -0.3 is 9.84 Å². The molecule has 0 atom stereocenters. The summed E-state index contributed by atoms with van der Waals surface area (Å²) in [5.41, 5.74) is 2.42. The number of halogens is 1. The van der Waals surface area contributed by atoms with Crippen molar-refractivity contribution in [2.24, 2.45) is 0 Å². The van der Waals surface area contributed by atoms with E-state index in [9.17, 15) is 4.39 Å². The highest BCUT2D eigenvalue weighted by Crippen LogP contribution is 2.29. The molecular formula is C12H11FN2O. The smallest absolute Gasteiger partial charge is 0.173 e. The van der Waals surface area contributed by atoms with E-state index in [4.69, 9.17) is 4.52 Å². The third kappa shape index (κ3) is 1.42. The first kappa shape index (κ1) is 9.54. The Morgan fingerprint density at radius 2 is 2.19 bits per heavy atom. The van der Waals surface area contributed by atoms with Crippen LogP contribution in [0.4, 0.5) is 4.39 Å². The summed E-state index contributed by atoms with van der Waals surface area (Å²) in [6.07, 6.45) is 0.836. The summed E-state index contributed by atoms with van der Waals surface area (Å²) < 4.78 is 18.9. The summed E-state index contributed by atoms with van der Waals surface area (Å²) in [6, 6.07) is 6.63. The standard InChI is InChI=1S/C12H11FN2O/c13-10-4-2-1-3-8(10)12-9-5-6-14-7-11(9)15-16-12/h1-4,14H,5-7H2. The van der Waals surface area contributed by atoms with Gasteiger partial charge in [0.25, 0.3) is 0 Å². The zero-order valence-electron chi connectivity index (χ0n) is 8.66. The van der Waals surface area contributed by atoms with Gasteiger partial charge in [0.15, 0.2) is 5.76 Å². The van der Waals surface area contributed by atoms with Crippen molar-refractivity contribution in [3.05, 3.63) is 41.3 Å². The van der Waals surface area contributed by atoms with Crippen LogP contribution >= 0.6 is 0 Å². The number of benzene rings is 1. The highest BCUT2D eigenvalue weighted by molar-refractivity contribution is 5.63. The molecule has 1 aromatic heterocycles. The molecule has 2 heterocycles. The summed E-state index contributed by atoms with van der Waals surface area (Å²) in [7, 11) is 0. The number of rotatable bonds is 1. The van der Waals surface area contributed by atoms with Crippen molar-refractivity contribution >= 4 is 0 Å². The van der Waals surface area contributed by atoms with Crippen LogP contribution in [0.1, 0.15) is 11.3 Å². The number of fused-ring (bicyclic) bond motifs is 1. The van der Waals surface area contributed by atoms with Gasteiger partial charge in [-0.15, -0.1) is 0 Å². The highest BCUT2D eigenvalue weighted by Gasteiger charge is 2.21. The van der Waals surface area contributed by atoms with Gasteiger partial charge in [0.05, 0.1) is 5.56 Å². The molecule has 1 aromatic carbocycles. The Morgan fingerprint density at radius 3 is 3.06 bits per heavy atom. The van der Waals surface area contributed by atoms with Gasteiger partial charge >= 0.3 is 0 Å². The molecule has 3 rings (SSSR count). The molecule has 4 heteroatoms. The number of hydrogen-bond donors (Lipinski definition) is 1. The van der Waals surface area contributed by atoms with E-state index < -0.39 is 0 Å². The van der Waals surface area contributed by atoms with Crippen LogP contribution < -0.4 is 5.32 Å². The molecule has 2 aromatic rings. The van der Waals surface area contributed by atoms with Gasteiger partial charge in [0.2, 0.25) is 0 Å². The lowest BCUT2D eigenvalue weighted by Gasteiger charge is -2.11. The topological polar surface area (TPSA) is 38.1 Å². The first-order chi connectivity index (χ1) is 7.86. The normalized spacial score (nSPS) is 14.8. The van der Waals surface area contributed by atoms with Crippen LogP contribution in [0.2, 0.25) is 0 Å². The molecule has 0 amide bonds. The Bertz CT molecular complexity index is 521. The second kappa shape index (κ2) is 3.72. The van der Waals surface area contributed by atoms with Gasteiger partial charge in [-0.1, -0.05) is 17.3 Å². The van der Waals surface area contributed by atoms with Crippen LogP contribution in [0.3, 0.4) is 0 Å². The molecule has 16 heavy (non-hydrogen) atoms. The molecule has 3 nitrogen and oxygen atoms in total. The molecule has 1 aliphatic rings. The molecule has 0 spiro atoms. The zero-order valence-corrected chi connectivity index (χ0v) is 8.66. The molecular weight excluding hydrogens is 207 g/mol. The van der Waals surface area contributed by atoms with Crippen molar-refractivity contribution in [3.63, 3.8) is 0 Å². The van der Waals surface area contributed by atoms with Gasteiger partial charge in [-0.2, -0.15) is 0 Å². The molecule has 0 fully saturated rings. The minimum Gasteiger partial charge on any atom is -0.356 e. The lowest BCUT2D eigenvalue weighted by molar-refractivity contribution is 0.419. The molecule has 0 saturated carbocycles. The largest absolute Gasteiger partial charge is 0.356 e. The van der Waals surface area contributed by atoms with Crippen LogP contribution in [0.5, 0.6) is 0 Å². The van der Waals surface area contributed by atoms with Crippen molar-refractivity contribution in [1.29, 1.82) is 0 Å². The van der Waals surface area contributed by atoms with E-state index in [1.54, 1.807) is 18.2 Å².